The van der Waals surface area contributed by atoms with Gasteiger partial charge < -0.3 is 0 Å². The molecule has 0 bridgehead atoms. The molecule has 0 aliphatic carbocycles. The van der Waals surface area contributed by atoms with Crippen LogP contribution in [0.4, 0.5) is 8.78 Å². The highest BCUT2D eigenvalue weighted by Crippen LogP contribution is 2.39. The van der Waals surface area contributed by atoms with Crippen molar-refractivity contribution in [2.24, 2.45) is 0 Å². The summed E-state index contributed by atoms with van der Waals surface area (Å²) >= 11 is 1.07. The van der Waals surface area contributed by atoms with Crippen molar-refractivity contribution >= 4 is 21.6 Å². The van der Waals surface area contributed by atoms with Crippen LogP contribution < -0.4 is 0 Å². The minimum atomic E-state index is 0.383. The molecule has 0 fully saturated rings. The Balaban J connectivity index is 2.24. The van der Waals surface area contributed by atoms with Crippen LogP contribution in [0, 0.1) is 0 Å². The maximum atomic E-state index is 13.0. The fourth-order valence-electron chi connectivity index (χ4n) is 1.61. The molecule has 0 unspecified atom stereocenters. The molecule has 0 radical (unpaired) electrons. The monoisotopic (exact) mass is 274 g/mol. The van der Waals surface area contributed by atoms with Gasteiger partial charge >= 0.3 is 0 Å². The molecule has 2 rings (SSSR count). The minimum Gasteiger partial charge on any atom is -0.214 e. The molecule has 0 aliphatic heterocycles. The van der Waals surface area contributed by atoms with Crippen LogP contribution in [0.3, 0.4) is 0 Å². The van der Waals surface area contributed by atoms with Gasteiger partial charge in [0.1, 0.15) is 12.7 Å². The highest BCUT2D eigenvalue weighted by molar-refractivity contribution is 8.16. The summed E-state index contributed by atoms with van der Waals surface area (Å²) in [7, 11) is 0. The van der Waals surface area contributed by atoms with Crippen LogP contribution in [0.15, 0.2) is 73.3 Å². The lowest BCUT2D eigenvalue weighted by Crippen LogP contribution is -1.82. The van der Waals surface area contributed by atoms with Crippen molar-refractivity contribution in [3.8, 4) is 0 Å². The maximum Gasteiger partial charge on any atom is 0.101 e. The first kappa shape index (κ1) is 13.6. The maximum absolute atomic E-state index is 13.0. The molecule has 96 valence electrons. The van der Waals surface area contributed by atoms with E-state index < -0.39 is 0 Å². The van der Waals surface area contributed by atoms with Crippen molar-refractivity contribution in [3.05, 3.63) is 84.5 Å². The number of rotatable bonds is 4. The zero-order chi connectivity index (χ0) is 13.5. The van der Waals surface area contributed by atoms with Crippen molar-refractivity contribution in [2.75, 3.05) is 0 Å². The lowest BCUT2D eigenvalue weighted by molar-refractivity contribution is 0.726. The molecular weight excluding hydrogens is 262 g/mol. The molecule has 0 aromatic heterocycles. The van der Waals surface area contributed by atoms with E-state index in [2.05, 4.69) is 0 Å². The third kappa shape index (κ3) is 3.55. The first-order valence-corrected chi connectivity index (χ1v) is 6.56. The quantitative estimate of drug-likeness (QED) is 0.693. The van der Waals surface area contributed by atoms with Crippen LogP contribution in [0.1, 0.15) is 11.1 Å². The van der Waals surface area contributed by atoms with E-state index in [0.29, 0.717) is 22.5 Å². The van der Waals surface area contributed by atoms with Gasteiger partial charge in [-0.25, -0.2) is 8.78 Å². The van der Waals surface area contributed by atoms with E-state index in [-0.39, 0.29) is 0 Å². The Morgan fingerprint density at radius 3 is 1.37 bits per heavy atom. The van der Waals surface area contributed by atoms with Gasteiger partial charge in [0.2, 0.25) is 0 Å². The molecule has 3 heteroatoms. The van der Waals surface area contributed by atoms with Crippen LogP contribution in [0.2, 0.25) is 0 Å². The Labute approximate surface area is 115 Å². The van der Waals surface area contributed by atoms with Crippen molar-refractivity contribution in [3.63, 3.8) is 0 Å². The predicted molar refractivity (Wildman–Crippen MR) is 78.6 cm³/mol. The average Bonchev–Trinajstić information content (AvgIpc) is 2.50. The zero-order valence-electron chi connectivity index (χ0n) is 10.1. The van der Waals surface area contributed by atoms with Gasteiger partial charge in [0.15, 0.2) is 0 Å². The predicted octanol–water partition coefficient (Wildman–Crippen LogP) is 5.66. The molecule has 0 saturated carbocycles. The van der Waals surface area contributed by atoms with Gasteiger partial charge in [0, 0.05) is 9.81 Å². The van der Waals surface area contributed by atoms with Gasteiger partial charge in [-0.15, -0.1) is 0 Å². The Bertz CT molecular complexity index is 521. The highest BCUT2D eigenvalue weighted by Gasteiger charge is 2.08. The van der Waals surface area contributed by atoms with E-state index in [1.54, 1.807) is 24.3 Å². The molecule has 2 aromatic carbocycles. The molecule has 19 heavy (non-hydrogen) atoms. The second-order valence-corrected chi connectivity index (χ2v) is 4.86. The smallest absolute Gasteiger partial charge is 0.101 e. The molecule has 0 atom stereocenters. The largest absolute Gasteiger partial charge is 0.214 e. The van der Waals surface area contributed by atoms with Gasteiger partial charge in [-0.05, 0) is 11.1 Å². The topological polar surface area (TPSA) is 0 Å². The summed E-state index contributed by atoms with van der Waals surface area (Å²) in [6, 6.07) is 18.2. The van der Waals surface area contributed by atoms with Crippen LogP contribution >= 0.6 is 11.8 Å². The van der Waals surface area contributed by atoms with E-state index in [1.807, 2.05) is 36.4 Å². The lowest BCUT2D eigenvalue weighted by atomic mass is 10.2. The Morgan fingerprint density at radius 2 is 1.05 bits per heavy atom. The van der Waals surface area contributed by atoms with Gasteiger partial charge in [-0.3, -0.25) is 0 Å². The third-order valence-corrected chi connectivity index (χ3v) is 3.62. The highest BCUT2D eigenvalue weighted by atomic mass is 32.2. The normalized spacial score (nSPS) is 12.5. The summed E-state index contributed by atoms with van der Waals surface area (Å²) in [5.41, 5.74) is 1.45. The van der Waals surface area contributed by atoms with Crippen molar-refractivity contribution < 1.29 is 8.78 Å². The van der Waals surface area contributed by atoms with E-state index in [9.17, 15) is 8.78 Å². The average molecular weight is 274 g/mol. The van der Waals surface area contributed by atoms with Crippen molar-refractivity contribution in [2.45, 2.75) is 0 Å². The Hall–Kier alpha value is -1.87. The molecule has 0 saturated heterocycles. The van der Waals surface area contributed by atoms with Crippen molar-refractivity contribution in [1.82, 2.24) is 0 Å². The van der Waals surface area contributed by atoms with Crippen LogP contribution in [0.25, 0.3) is 9.81 Å². The number of halogens is 2. The van der Waals surface area contributed by atoms with E-state index in [0.717, 1.165) is 22.9 Å². The lowest BCUT2D eigenvalue weighted by Gasteiger charge is -2.08. The SMILES string of the molecule is FC=C(SC(=CF)c1ccccc1)c1ccccc1. The van der Waals surface area contributed by atoms with Gasteiger partial charge in [0.25, 0.3) is 0 Å². The number of hydrogen-bond donors (Lipinski definition) is 0. The summed E-state index contributed by atoms with van der Waals surface area (Å²) < 4.78 is 26.0. The van der Waals surface area contributed by atoms with Crippen LogP contribution in [-0.4, -0.2) is 0 Å². The molecule has 0 N–H and O–H groups in total. The summed E-state index contributed by atoms with van der Waals surface area (Å²) in [4.78, 5) is 0.765. The zero-order valence-corrected chi connectivity index (χ0v) is 10.9. The van der Waals surface area contributed by atoms with Gasteiger partial charge in [-0.1, -0.05) is 72.4 Å². The summed E-state index contributed by atoms with van der Waals surface area (Å²) in [6.45, 7) is 0. The standard InChI is InChI=1S/C16H12F2S/c17-11-15(13-7-3-1-4-8-13)19-16(12-18)14-9-5-2-6-10-14/h1-12H. The summed E-state index contributed by atoms with van der Waals surface area (Å²) in [5, 5.41) is 0. The third-order valence-electron chi connectivity index (χ3n) is 2.53. The molecular formula is C16H12F2S. The minimum absolute atomic E-state index is 0.383. The molecule has 2 aromatic rings. The van der Waals surface area contributed by atoms with E-state index in [1.165, 1.54) is 0 Å². The molecule has 0 aliphatic rings. The van der Waals surface area contributed by atoms with E-state index in [4.69, 9.17) is 0 Å². The summed E-state index contributed by atoms with van der Waals surface area (Å²) in [5.74, 6) is 0. The summed E-state index contributed by atoms with van der Waals surface area (Å²) in [6.07, 6.45) is 1.01. The van der Waals surface area contributed by atoms with Crippen molar-refractivity contribution in [1.29, 1.82) is 0 Å². The molecule has 0 nitrogen and oxygen atoms in total. The second kappa shape index (κ2) is 6.90. The first-order chi connectivity index (χ1) is 9.35. The molecule has 0 amide bonds. The van der Waals surface area contributed by atoms with Gasteiger partial charge in [-0.2, -0.15) is 0 Å². The van der Waals surface area contributed by atoms with Crippen LogP contribution in [0.5, 0.6) is 0 Å². The Kier molecular flexibility index (Phi) is 4.93. The Morgan fingerprint density at radius 1 is 0.684 bits per heavy atom. The molecule has 0 spiro atoms. The van der Waals surface area contributed by atoms with E-state index >= 15 is 0 Å². The number of hydrogen-bond acceptors (Lipinski definition) is 1. The fourth-order valence-corrected chi connectivity index (χ4v) is 2.45. The molecule has 0 heterocycles. The second-order valence-electron chi connectivity index (χ2n) is 3.78. The van der Waals surface area contributed by atoms with Gasteiger partial charge in [0.05, 0.1) is 0 Å². The first-order valence-electron chi connectivity index (χ1n) is 5.74. The fraction of sp³-hybridized carbons (Fsp3) is 0. The number of benzene rings is 2. The number of thioether (sulfide) groups is 1. The van der Waals surface area contributed by atoms with Crippen LogP contribution in [-0.2, 0) is 0 Å².